The van der Waals surface area contributed by atoms with Gasteiger partial charge in [-0.1, -0.05) is 0 Å². The number of rotatable bonds is 4. The normalized spacial score (nSPS) is 17.4. The van der Waals surface area contributed by atoms with E-state index in [1.54, 1.807) is 0 Å². The topological polar surface area (TPSA) is 49.9 Å². The Morgan fingerprint density at radius 1 is 1.16 bits per heavy atom. The Morgan fingerprint density at radius 3 is 2.21 bits per heavy atom. The van der Waals surface area contributed by atoms with Gasteiger partial charge >= 0.3 is 18.1 Å². The van der Waals surface area contributed by atoms with Gasteiger partial charge < -0.3 is 9.64 Å². The Hall–Kier alpha value is -1.31. The second kappa shape index (κ2) is 6.74. The molecule has 1 rings (SSSR count). The van der Waals surface area contributed by atoms with E-state index in [0.717, 1.165) is 4.90 Å². The number of halogens is 3. The lowest BCUT2D eigenvalue weighted by Gasteiger charge is -2.34. The van der Waals surface area contributed by atoms with Crippen molar-refractivity contribution in [2.45, 2.75) is 19.0 Å². The number of carbonyl (C=O) groups is 2. The van der Waals surface area contributed by atoms with Crippen molar-refractivity contribution >= 4 is 11.9 Å². The van der Waals surface area contributed by atoms with Crippen LogP contribution < -0.4 is 0 Å². The van der Waals surface area contributed by atoms with E-state index in [1.807, 2.05) is 4.90 Å². The Balaban J connectivity index is 2.26. The molecule has 0 saturated carbocycles. The third-order valence-electron chi connectivity index (χ3n) is 2.98. The fourth-order valence-electron chi connectivity index (χ4n) is 1.90. The number of methoxy groups -OCH3 is 1. The van der Waals surface area contributed by atoms with Gasteiger partial charge in [-0.2, -0.15) is 13.2 Å². The van der Waals surface area contributed by atoms with Crippen molar-refractivity contribution in [2.75, 3.05) is 39.8 Å². The summed E-state index contributed by atoms with van der Waals surface area (Å²) in [7, 11) is 1.31. The Bertz CT molecular complexity index is 326. The summed E-state index contributed by atoms with van der Waals surface area (Å²) in [5, 5.41) is 0. The molecule has 0 radical (unpaired) electrons. The zero-order valence-electron chi connectivity index (χ0n) is 10.7. The summed E-state index contributed by atoms with van der Waals surface area (Å²) in [4.78, 5) is 24.6. The van der Waals surface area contributed by atoms with Crippen LogP contribution in [0, 0.1) is 0 Å². The molecular formula is C11H17F3N2O3. The van der Waals surface area contributed by atoms with Crippen LogP contribution in [0.15, 0.2) is 0 Å². The molecule has 8 heteroatoms. The maximum absolute atomic E-state index is 12.2. The van der Waals surface area contributed by atoms with Crippen LogP contribution in [0.3, 0.4) is 0 Å². The third-order valence-corrected chi connectivity index (χ3v) is 2.98. The van der Waals surface area contributed by atoms with Crippen LogP contribution >= 0.6 is 0 Å². The average Bonchev–Trinajstić information content (AvgIpc) is 2.37. The summed E-state index contributed by atoms with van der Waals surface area (Å²) in [5.41, 5.74) is 0. The monoisotopic (exact) mass is 282 g/mol. The number of nitrogens with zero attached hydrogens (tertiary/aromatic N) is 2. The van der Waals surface area contributed by atoms with Crippen molar-refractivity contribution in [3.05, 3.63) is 0 Å². The molecule has 0 atom stereocenters. The lowest BCUT2D eigenvalue weighted by Crippen LogP contribution is -2.52. The zero-order chi connectivity index (χ0) is 14.5. The molecule has 0 aliphatic carbocycles. The summed E-state index contributed by atoms with van der Waals surface area (Å²) in [6.07, 6.45) is -3.91. The molecule has 0 N–H and O–H groups in total. The first-order valence-electron chi connectivity index (χ1n) is 6.00. The highest BCUT2D eigenvalue weighted by Crippen LogP contribution is 2.19. The Morgan fingerprint density at radius 2 is 1.74 bits per heavy atom. The standard InChI is InChI=1S/C11H17F3N2O3/c1-19-9(17)3-2-4-15-5-7-16(8-6-15)10(18)11(12,13)14/h2-8H2,1H3. The predicted octanol–water partition coefficient (Wildman–Crippen LogP) is 0.646. The zero-order valence-corrected chi connectivity index (χ0v) is 10.7. The van der Waals surface area contributed by atoms with Gasteiger partial charge in [0, 0.05) is 32.6 Å². The number of amides is 1. The lowest BCUT2D eigenvalue weighted by molar-refractivity contribution is -0.187. The fraction of sp³-hybridized carbons (Fsp3) is 0.818. The maximum Gasteiger partial charge on any atom is 0.471 e. The largest absolute Gasteiger partial charge is 0.471 e. The van der Waals surface area contributed by atoms with Gasteiger partial charge in [0.05, 0.1) is 7.11 Å². The highest BCUT2D eigenvalue weighted by Gasteiger charge is 2.43. The fourth-order valence-corrected chi connectivity index (χ4v) is 1.90. The molecular weight excluding hydrogens is 265 g/mol. The summed E-state index contributed by atoms with van der Waals surface area (Å²) >= 11 is 0. The highest BCUT2D eigenvalue weighted by molar-refractivity contribution is 5.81. The molecule has 1 aliphatic rings. The number of esters is 1. The molecule has 0 bridgehead atoms. The minimum atomic E-state index is -4.80. The molecule has 110 valence electrons. The molecule has 19 heavy (non-hydrogen) atoms. The van der Waals surface area contributed by atoms with E-state index >= 15 is 0 Å². The van der Waals surface area contributed by atoms with E-state index in [9.17, 15) is 22.8 Å². The average molecular weight is 282 g/mol. The highest BCUT2D eigenvalue weighted by atomic mass is 19.4. The number of hydrogen-bond acceptors (Lipinski definition) is 4. The van der Waals surface area contributed by atoms with Crippen molar-refractivity contribution in [1.29, 1.82) is 0 Å². The van der Waals surface area contributed by atoms with Crippen LogP contribution in [0.2, 0.25) is 0 Å². The number of ether oxygens (including phenoxy) is 1. The van der Waals surface area contributed by atoms with Gasteiger partial charge in [-0.25, -0.2) is 0 Å². The molecule has 5 nitrogen and oxygen atoms in total. The Labute approximate surface area is 109 Å². The maximum atomic E-state index is 12.2. The second-order valence-electron chi connectivity index (χ2n) is 4.31. The van der Waals surface area contributed by atoms with Gasteiger partial charge in [0.2, 0.25) is 0 Å². The third kappa shape index (κ3) is 5.06. The molecule has 0 aromatic rings. The molecule has 1 amide bonds. The summed E-state index contributed by atoms with van der Waals surface area (Å²) < 4.78 is 41.1. The van der Waals surface area contributed by atoms with Crippen LogP contribution in [0.25, 0.3) is 0 Å². The van der Waals surface area contributed by atoms with Crippen LogP contribution in [0.1, 0.15) is 12.8 Å². The van der Waals surface area contributed by atoms with Crippen molar-refractivity contribution in [2.24, 2.45) is 0 Å². The summed E-state index contributed by atoms with van der Waals surface area (Å²) in [6, 6.07) is 0. The Kier molecular flexibility index (Phi) is 5.59. The van der Waals surface area contributed by atoms with E-state index in [2.05, 4.69) is 4.74 Å². The van der Waals surface area contributed by atoms with Crippen molar-refractivity contribution in [1.82, 2.24) is 9.80 Å². The SMILES string of the molecule is COC(=O)CCCN1CCN(C(=O)C(F)(F)F)CC1. The van der Waals surface area contributed by atoms with Gasteiger partial charge in [0.25, 0.3) is 0 Å². The van der Waals surface area contributed by atoms with Crippen molar-refractivity contribution < 1.29 is 27.5 Å². The number of carbonyl (C=O) groups excluding carboxylic acids is 2. The van der Waals surface area contributed by atoms with Crippen LogP contribution in [0.4, 0.5) is 13.2 Å². The molecule has 1 aliphatic heterocycles. The van der Waals surface area contributed by atoms with E-state index in [1.165, 1.54) is 7.11 Å². The molecule has 1 heterocycles. The quantitative estimate of drug-likeness (QED) is 0.710. The molecule has 1 fully saturated rings. The van der Waals surface area contributed by atoms with Crippen molar-refractivity contribution in [3.8, 4) is 0 Å². The minimum absolute atomic E-state index is 0.0660. The van der Waals surface area contributed by atoms with Crippen LogP contribution in [0.5, 0.6) is 0 Å². The number of piperazine rings is 1. The second-order valence-corrected chi connectivity index (χ2v) is 4.31. The predicted molar refractivity (Wildman–Crippen MR) is 60.3 cm³/mol. The first-order chi connectivity index (χ1) is 8.84. The first kappa shape index (κ1) is 15.7. The van der Waals surface area contributed by atoms with Gasteiger partial charge in [0.1, 0.15) is 0 Å². The van der Waals surface area contributed by atoms with Crippen LogP contribution in [-0.4, -0.2) is 67.7 Å². The van der Waals surface area contributed by atoms with Gasteiger partial charge in [-0.05, 0) is 13.0 Å². The molecule has 0 spiro atoms. The molecule has 0 aromatic heterocycles. The lowest BCUT2D eigenvalue weighted by atomic mass is 10.2. The van der Waals surface area contributed by atoms with E-state index in [4.69, 9.17) is 0 Å². The minimum Gasteiger partial charge on any atom is -0.469 e. The van der Waals surface area contributed by atoms with Gasteiger partial charge in [0.15, 0.2) is 0 Å². The smallest absolute Gasteiger partial charge is 0.469 e. The first-order valence-corrected chi connectivity index (χ1v) is 6.00. The van der Waals surface area contributed by atoms with Crippen molar-refractivity contribution in [3.63, 3.8) is 0 Å². The van der Waals surface area contributed by atoms with E-state index in [-0.39, 0.29) is 25.5 Å². The molecule has 1 saturated heterocycles. The van der Waals surface area contributed by atoms with E-state index < -0.39 is 12.1 Å². The summed E-state index contributed by atoms with van der Waals surface area (Å²) in [6.45, 7) is 1.53. The summed E-state index contributed by atoms with van der Waals surface area (Å²) in [5.74, 6) is -2.08. The van der Waals surface area contributed by atoms with Gasteiger partial charge in [-0.3, -0.25) is 14.5 Å². The molecule has 0 aromatic carbocycles. The van der Waals surface area contributed by atoms with Crippen LogP contribution in [-0.2, 0) is 14.3 Å². The number of hydrogen-bond donors (Lipinski definition) is 0. The van der Waals surface area contributed by atoms with Gasteiger partial charge in [-0.15, -0.1) is 0 Å². The number of alkyl halides is 3. The molecule has 0 unspecified atom stereocenters. The van der Waals surface area contributed by atoms with E-state index in [0.29, 0.717) is 26.1 Å².